The Kier molecular flexibility index (Phi) is 8.19. The van der Waals surface area contributed by atoms with Crippen LogP contribution in [0.2, 0.25) is 0 Å². The molecule has 0 aromatic rings. The average Bonchev–Trinajstić information content (AvgIpc) is 2.42. The standard InChI is InChI=1S/C14H24N2O4S/c1-11(17)15-6-4-2-3-5-13(18)16-7-8-21-10-12(16)9-14(19)20/h12H,2-10H2,1H3,(H,15,17)(H,19,20). The first-order chi connectivity index (χ1) is 10.0. The molecule has 0 radical (unpaired) electrons. The number of nitrogens with zero attached hydrogens (tertiary/aromatic N) is 1. The number of thioether (sulfide) groups is 1. The Labute approximate surface area is 129 Å². The molecule has 1 heterocycles. The third-order valence-corrected chi connectivity index (χ3v) is 4.49. The number of carbonyl (C=O) groups excluding carboxylic acids is 2. The van der Waals surface area contributed by atoms with E-state index >= 15 is 0 Å². The van der Waals surface area contributed by atoms with Crippen LogP contribution in [0.1, 0.15) is 39.0 Å². The van der Waals surface area contributed by atoms with E-state index in [0.717, 1.165) is 25.0 Å². The van der Waals surface area contributed by atoms with Crippen LogP contribution < -0.4 is 5.32 Å². The molecule has 1 unspecified atom stereocenters. The van der Waals surface area contributed by atoms with Crippen molar-refractivity contribution in [1.82, 2.24) is 10.2 Å². The first-order valence-corrected chi connectivity index (χ1v) is 8.49. The highest BCUT2D eigenvalue weighted by Gasteiger charge is 2.28. The maximum Gasteiger partial charge on any atom is 0.305 e. The number of hydrogen-bond donors (Lipinski definition) is 2. The third-order valence-electron chi connectivity index (χ3n) is 3.40. The number of nitrogens with one attached hydrogen (secondary N) is 1. The quantitative estimate of drug-likeness (QED) is 0.655. The fraction of sp³-hybridized carbons (Fsp3) is 0.786. The Morgan fingerprint density at radius 1 is 1.29 bits per heavy atom. The summed E-state index contributed by atoms with van der Waals surface area (Å²) in [6.45, 7) is 2.78. The van der Waals surface area contributed by atoms with Crippen molar-refractivity contribution in [3.05, 3.63) is 0 Å². The van der Waals surface area contributed by atoms with Crippen molar-refractivity contribution in [2.24, 2.45) is 0 Å². The lowest BCUT2D eigenvalue weighted by molar-refractivity contribution is -0.140. The van der Waals surface area contributed by atoms with Crippen LogP contribution in [0.4, 0.5) is 0 Å². The predicted octanol–water partition coefficient (Wildman–Crippen LogP) is 1.10. The number of carbonyl (C=O) groups is 3. The monoisotopic (exact) mass is 316 g/mol. The van der Waals surface area contributed by atoms with Gasteiger partial charge in [-0.15, -0.1) is 0 Å². The zero-order valence-electron chi connectivity index (χ0n) is 12.5. The van der Waals surface area contributed by atoms with Gasteiger partial charge < -0.3 is 15.3 Å². The summed E-state index contributed by atoms with van der Waals surface area (Å²) in [7, 11) is 0. The minimum atomic E-state index is -0.851. The number of hydrogen-bond acceptors (Lipinski definition) is 4. The molecule has 1 fully saturated rings. The lowest BCUT2D eigenvalue weighted by Gasteiger charge is -2.34. The Balaban J connectivity index is 2.25. The van der Waals surface area contributed by atoms with E-state index in [9.17, 15) is 14.4 Å². The number of rotatable bonds is 8. The summed E-state index contributed by atoms with van der Waals surface area (Å²) in [5.74, 6) is 0.760. The van der Waals surface area contributed by atoms with Gasteiger partial charge in [-0.3, -0.25) is 14.4 Å². The van der Waals surface area contributed by atoms with Crippen molar-refractivity contribution in [2.75, 3.05) is 24.6 Å². The van der Waals surface area contributed by atoms with Crippen molar-refractivity contribution < 1.29 is 19.5 Å². The predicted molar refractivity (Wildman–Crippen MR) is 82.2 cm³/mol. The molecule has 0 aliphatic carbocycles. The van der Waals surface area contributed by atoms with Crippen molar-refractivity contribution in [1.29, 1.82) is 0 Å². The molecule has 0 saturated carbocycles. The molecule has 2 N–H and O–H groups in total. The maximum absolute atomic E-state index is 12.2. The molecule has 0 bridgehead atoms. The van der Waals surface area contributed by atoms with Crippen molar-refractivity contribution in [3.63, 3.8) is 0 Å². The van der Waals surface area contributed by atoms with Crippen LogP contribution in [0, 0.1) is 0 Å². The smallest absolute Gasteiger partial charge is 0.305 e. The molecule has 120 valence electrons. The van der Waals surface area contributed by atoms with Crippen LogP contribution in [0.25, 0.3) is 0 Å². The topological polar surface area (TPSA) is 86.7 Å². The van der Waals surface area contributed by atoms with E-state index < -0.39 is 5.97 Å². The van der Waals surface area contributed by atoms with E-state index in [4.69, 9.17) is 5.11 Å². The lowest BCUT2D eigenvalue weighted by Crippen LogP contribution is -2.47. The SMILES string of the molecule is CC(=O)NCCCCCC(=O)N1CCSCC1CC(=O)O. The van der Waals surface area contributed by atoms with Gasteiger partial charge in [0.05, 0.1) is 12.5 Å². The van der Waals surface area contributed by atoms with Gasteiger partial charge in [-0.25, -0.2) is 0 Å². The van der Waals surface area contributed by atoms with E-state index in [-0.39, 0.29) is 24.3 Å². The van der Waals surface area contributed by atoms with E-state index in [1.54, 1.807) is 16.7 Å². The summed E-state index contributed by atoms with van der Waals surface area (Å²) in [5.41, 5.74) is 0. The van der Waals surface area contributed by atoms with Gasteiger partial charge in [-0.2, -0.15) is 11.8 Å². The molecule has 0 aromatic heterocycles. The van der Waals surface area contributed by atoms with Gasteiger partial charge in [0.25, 0.3) is 0 Å². The molecule has 6 nitrogen and oxygen atoms in total. The Morgan fingerprint density at radius 3 is 2.71 bits per heavy atom. The molecule has 21 heavy (non-hydrogen) atoms. The number of amides is 2. The fourth-order valence-electron chi connectivity index (χ4n) is 2.34. The molecule has 1 atom stereocenters. The highest BCUT2D eigenvalue weighted by Crippen LogP contribution is 2.20. The van der Waals surface area contributed by atoms with Gasteiger partial charge in [0, 0.05) is 37.9 Å². The molecule has 1 rings (SSSR count). The summed E-state index contributed by atoms with van der Waals surface area (Å²) in [6.07, 6.45) is 3.02. The summed E-state index contributed by atoms with van der Waals surface area (Å²) < 4.78 is 0. The number of unbranched alkanes of at least 4 members (excludes halogenated alkanes) is 2. The van der Waals surface area contributed by atoms with E-state index in [0.29, 0.717) is 25.3 Å². The van der Waals surface area contributed by atoms with E-state index in [2.05, 4.69) is 5.32 Å². The highest BCUT2D eigenvalue weighted by molar-refractivity contribution is 7.99. The Bertz CT molecular complexity index is 376. The van der Waals surface area contributed by atoms with Crippen LogP contribution in [0.15, 0.2) is 0 Å². The average molecular weight is 316 g/mol. The first-order valence-electron chi connectivity index (χ1n) is 7.34. The highest BCUT2D eigenvalue weighted by atomic mass is 32.2. The van der Waals surface area contributed by atoms with Gasteiger partial charge in [0.1, 0.15) is 0 Å². The molecular weight excluding hydrogens is 292 g/mol. The molecule has 2 amide bonds. The molecular formula is C14H24N2O4S. The normalized spacial score (nSPS) is 18.3. The van der Waals surface area contributed by atoms with Gasteiger partial charge in [-0.1, -0.05) is 6.42 Å². The second kappa shape index (κ2) is 9.65. The summed E-state index contributed by atoms with van der Waals surface area (Å²) >= 11 is 1.71. The maximum atomic E-state index is 12.2. The van der Waals surface area contributed by atoms with Crippen LogP contribution >= 0.6 is 11.8 Å². The molecule has 7 heteroatoms. The van der Waals surface area contributed by atoms with Gasteiger partial charge in [-0.05, 0) is 12.8 Å². The first kappa shape index (κ1) is 17.8. The summed E-state index contributed by atoms with van der Waals surface area (Å²) in [5, 5.41) is 11.6. The number of carboxylic acids is 1. The molecule has 1 saturated heterocycles. The molecule has 0 aromatic carbocycles. The second-order valence-electron chi connectivity index (χ2n) is 5.21. The Hall–Kier alpha value is -1.24. The Morgan fingerprint density at radius 2 is 2.05 bits per heavy atom. The van der Waals surface area contributed by atoms with Crippen LogP contribution in [-0.2, 0) is 14.4 Å². The zero-order valence-corrected chi connectivity index (χ0v) is 13.3. The largest absolute Gasteiger partial charge is 0.481 e. The fourth-order valence-corrected chi connectivity index (χ4v) is 3.40. The van der Waals surface area contributed by atoms with Crippen LogP contribution in [0.3, 0.4) is 0 Å². The van der Waals surface area contributed by atoms with Gasteiger partial charge in [0.15, 0.2) is 0 Å². The minimum Gasteiger partial charge on any atom is -0.481 e. The summed E-state index contributed by atoms with van der Waals surface area (Å²) in [4.78, 5) is 35.5. The molecule has 1 aliphatic rings. The van der Waals surface area contributed by atoms with Crippen molar-refractivity contribution >= 4 is 29.5 Å². The minimum absolute atomic E-state index is 0.0290. The van der Waals surface area contributed by atoms with Crippen LogP contribution in [-0.4, -0.2) is 58.4 Å². The van der Waals surface area contributed by atoms with Gasteiger partial charge in [0.2, 0.25) is 11.8 Å². The third kappa shape index (κ3) is 7.36. The van der Waals surface area contributed by atoms with Crippen LogP contribution in [0.5, 0.6) is 0 Å². The number of carboxylic acid groups (broad SMARTS) is 1. The second-order valence-corrected chi connectivity index (χ2v) is 6.36. The summed E-state index contributed by atoms with van der Waals surface area (Å²) in [6, 6.07) is -0.173. The molecule has 0 spiro atoms. The van der Waals surface area contributed by atoms with Gasteiger partial charge >= 0.3 is 5.97 Å². The van der Waals surface area contributed by atoms with E-state index in [1.807, 2.05) is 0 Å². The molecule has 1 aliphatic heterocycles. The van der Waals surface area contributed by atoms with E-state index in [1.165, 1.54) is 6.92 Å². The lowest BCUT2D eigenvalue weighted by atomic mass is 10.1. The van der Waals surface area contributed by atoms with Crippen molar-refractivity contribution in [3.8, 4) is 0 Å². The van der Waals surface area contributed by atoms with Crippen molar-refractivity contribution in [2.45, 2.75) is 45.1 Å². The number of aliphatic carboxylic acids is 1. The zero-order chi connectivity index (χ0) is 15.7.